The van der Waals surface area contributed by atoms with E-state index in [-0.39, 0.29) is 11.9 Å². The Morgan fingerprint density at radius 2 is 2.06 bits per heavy atom. The van der Waals surface area contributed by atoms with Crippen molar-refractivity contribution in [3.05, 3.63) is 64.8 Å². The predicted molar refractivity (Wildman–Crippen MR) is 138 cm³/mol. The van der Waals surface area contributed by atoms with E-state index in [4.69, 9.17) is 4.74 Å². The lowest BCUT2D eigenvalue weighted by Crippen LogP contribution is -2.34. The number of likely N-dealkylation sites (N-methyl/N-ethyl adjacent to an activating group) is 1. The van der Waals surface area contributed by atoms with Crippen molar-refractivity contribution in [1.29, 1.82) is 0 Å². The van der Waals surface area contributed by atoms with Gasteiger partial charge in [-0.15, -0.1) is 11.3 Å². The first-order valence-electron chi connectivity index (χ1n) is 11.9. The topological polar surface area (TPSA) is 70.6 Å². The zero-order valence-corrected chi connectivity index (χ0v) is 21.0. The Hall–Kier alpha value is -2.81. The molecule has 1 amide bonds. The van der Waals surface area contributed by atoms with E-state index in [1.807, 2.05) is 29.2 Å². The largest absolute Gasteiger partial charge is 0.382 e. The van der Waals surface area contributed by atoms with E-state index >= 15 is 0 Å². The van der Waals surface area contributed by atoms with Gasteiger partial charge in [-0.1, -0.05) is 50.3 Å². The summed E-state index contributed by atoms with van der Waals surface area (Å²) in [5.74, 6) is 0.899. The van der Waals surface area contributed by atoms with Crippen LogP contribution in [0.25, 0.3) is 10.2 Å². The maximum atomic E-state index is 12.8. The van der Waals surface area contributed by atoms with Gasteiger partial charge in [0.2, 0.25) is 5.91 Å². The van der Waals surface area contributed by atoms with Crippen LogP contribution in [0.2, 0.25) is 0 Å². The lowest BCUT2D eigenvalue weighted by molar-refractivity contribution is -0.126. The minimum Gasteiger partial charge on any atom is -0.382 e. The Bertz CT molecular complexity index is 1130. The van der Waals surface area contributed by atoms with Gasteiger partial charge in [0.05, 0.1) is 24.6 Å². The van der Waals surface area contributed by atoms with E-state index < -0.39 is 0 Å². The van der Waals surface area contributed by atoms with Crippen LogP contribution in [0.1, 0.15) is 35.9 Å². The van der Waals surface area contributed by atoms with Crippen molar-refractivity contribution in [2.75, 3.05) is 45.2 Å². The first kappa shape index (κ1) is 24.3. The molecule has 0 saturated carbocycles. The van der Waals surface area contributed by atoms with Crippen molar-refractivity contribution in [3.8, 4) is 0 Å². The number of benzene rings is 1. The SMILES string of the molecule is CCN(CC)CC=CC(=O)N1CCc2c(sc3ncnc(N[C@H](COC)c4ccccc4)c23)C1. The highest BCUT2D eigenvalue weighted by molar-refractivity contribution is 7.19. The fourth-order valence-electron chi connectivity index (χ4n) is 4.35. The standard InChI is InChI=1S/C26H33N5O2S/c1-4-30(5-2)14-9-12-23(32)31-15-13-20-22(16-31)34-26-24(20)25(27-18-28-26)29-21(17-33-3)19-10-7-6-8-11-19/h6-12,18,21H,4-5,13-17H2,1-3H3,(H,27,28,29)/t21-/m1/s1. The molecular weight excluding hydrogens is 446 g/mol. The average Bonchev–Trinajstić information content (AvgIpc) is 3.25. The number of amides is 1. The molecule has 1 N–H and O–H groups in total. The van der Waals surface area contributed by atoms with Gasteiger partial charge in [0, 0.05) is 31.2 Å². The number of thiophene rings is 1. The molecule has 34 heavy (non-hydrogen) atoms. The van der Waals surface area contributed by atoms with Gasteiger partial charge < -0.3 is 19.9 Å². The first-order chi connectivity index (χ1) is 16.6. The number of rotatable bonds is 10. The van der Waals surface area contributed by atoms with Gasteiger partial charge in [-0.05, 0) is 30.6 Å². The molecule has 4 rings (SSSR count). The smallest absolute Gasteiger partial charge is 0.246 e. The third-order valence-corrected chi connectivity index (χ3v) is 7.44. The zero-order chi connectivity index (χ0) is 23.9. The summed E-state index contributed by atoms with van der Waals surface area (Å²) in [4.78, 5) is 28.3. The van der Waals surface area contributed by atoms with E-state index in [0.717, 1.165) is 47.7 Å². The van der Waals surface area contributed by atoms with Crippen LogP contribution in [-0.2, 0) is 22.5 Å². The van der Waals surface area contributed by atoms with E-state index in [9.17, 15) is 4.79 Å². The first-order valence-corrected chi connectivity index (χ1v) is 12.7. The van der Waals surface area contributed by atoms with Gasteiger partial charge in [-0.25, -0.2) is 9.97 Å². The molecule has 0 fully saturated rings. The van der Waals surface area contributed by atoms with Crippen LogP contribution < -0.4 is 5.32 Å². The fourth-order valence-corrected chi connectivity index (χ4v) is 5.56. The summed E-state index contributed by atoms with van der Waals surface area (Å²) in [5.41, 5.74) is 2.40. The molecule has 8 heteroatoms. The number of aromatic nitrogens is 2. The molecule has 180 valence electrons. The van der Waals surface area contributed by atoms with Crippen LogP contribution in [0.15, 0.2) is 48.8 Å². The van der Waals surface area contributed by atoms with Crippen molar-refractivity contribution in [2.45, 2.75) is 32.9 Å². The minimum absolute atomic E-state index is 0.0162. The average molecular weight is 480 g/mol. The third kappa shape index (κ3) is 5.46. The van der Waals surface area contributed by atoms with Gasteiger partial charge in [-0.2, -0.15) is 0 Å². The lowest BCUT2D eigenvalue weighted by Gasteiger charge is -2.26. The number of nitrogens with one attached hydrogen (secondary N) is 1. The number of carbonyl (C=O) groups excluding carboxylic acids is 1. The third-order valence-electron chi connectivity index (χ3n) is 6.31. The number of nitrogens with zero attached hydrogens (tertiary/aromatic N) is 4. The molecule has 1 aliphatic rings. The maximum absolute atomic E-state index is 12.8. The predicted octanol–water partition coefficient (Wildman–Crippen LogP) is 4.27. The summed E-state index contributed by atoms with van der Waals surface area (Å²) >= 11 is 1.66. The molecular formula is C26H33N5O2S. The van der Waals surface area contributed by atoms with Gasteiger partial charge >= 0.3 is 0 Å². The van der Waals surface area contributed by atoms with Gasteiger partial charge in [-0.3, -0.25) is 4.79 Å². The molecule has 1 aromatic carbocycles. The number of ether oxygens (including phenoxy) is 1. The number of methoxy groups -OCH3 is 1. The van der Waals surface area contributed by atoms with Crippen molar-refractivity contribution in [2.24, 2.45) is 0 Å². The number of anilines is 1. The van der Waals surface area contributed by atoms with Crippen LogP contribution in [-0.4, -0.2) is 65.6 Å². The fraction of sp³-hybridized carbons (Fsp3) is 0.423. The molecule has 1 aliphatic heterocycles. The monoisotopic (exact) mass is 479 g/mol. The summed E-state index contributed by atoms with van der Waals surface area (Å²) in [7, 11) is 1.71. The van der Waals surface area contributed by atoms with Gasteiger partial charge in [0.15, 0.2) is 0 Å². The van der Waals surface area contributed by atoms with Crippen molar-refractivity contribution < 1.29 is 9.53 Å². The van der Waals surface area contributed by atoms with Crippen molar-refractivity contribution >= 4 is 33.3 Å². The van der Waals surface area contributed by atoms with Crippen LogP contribution in [0.4, 0.5) is 5.82 Å². The van der Waals surface area contributed by atoms with E-state index in [0.29, 0.717) is 19.7 Å². The Balaban J connectivity index is 1.53. The summed E-state index contributed by atoms with van der Waals surface area (Å²) in [5, 5.41) is 4.67. The highest BCUT2D eigenvalue weighted by atomic mass is 32.1. The summed E-state index contributed by atoms with van der Waals surface area (Å²) in [6.07, 6.45) is 6.11. The Morgan fingerprint density at radius 3 is 2.79 bits per heavy atom. The van der Waals surface area contributed by atoms with Crippen molar-refractivity contribution in [1.82, 2.24) is 19.8 Å². The maximum Gasteiger partial charge on any atom is 0.246 e. The Kier molecular flexibility index (Phi) is 8.26. The second-order valence-electron chi connectivity index (χ2n) is 8.37. The molecule has 0 radical (unpaired) electrons. The highest BCUT2D eigenvalue weighted by Crippen LogP contribution is 2.38. The van der Waals surface area contributed by atoms with Crippen molar-refractivity contribution in [3.63, 3.8) is 0 Å². The second kappa shape index (κ2) is 11.6. The molecule has 3 heterocycles. The van der Waals surface area contributed by atoms with Crippen LogP contribution in [0, 0.1) is 0 Å². The quantitative estimate of drug-likeness (QED) is 0.438. The summed E-state index contributed by atoms with van der Waals surface area (Å²) < 4.78 is 5.48. The minimum atomic E-state index is -0.0162. The summed E-state index contributed by atoms with van der Waals surface area (Å²) in [6.45, 7) is 8.88. The van der Waals surface area contributed by atoms with E-state index in [2.05, 4.69) is 46.2 Å². The van der Waals surface area contributed by atoms with Gasteiger partial charge in [0.25, 0.3) is 0 Å². The molecule has 0 spiro atoms. The normalized spacial score (nSPS) is 14.6. The molecule has 0 unspecified atom stereocenters. The number of fused-ring (bicyclic) bond motifs is 3. The summed E-state index contributed by atoms with van der Waals surface area (Å²) in [6, 6.07) is 10.2. The van der Waals surface area contributed by atoms with Crippen LogP contribution in [0.3, 0.4) is 0 Å². The molecule has 0 bridgehead atoms. The van der Waals surface area contributed by atoms with E-state index in [1.165, 1.54) is 10.4 Å². The second-order valence-corrected chi connectivity index (χ2v) is 9.45. The molecule has 0 aliphatic carbocycles. The highest BCUT2D eigenvalue weighted by Gasteiger charge is 2.26. The van der Waals surface area contributed by atoms with E-state index in [1.54, 1.807) is 30.8 Å². The number of hydrogen-bond acceptors (Lipinski definition) is 7. The Morgan fingerprint density at radius 1 is 1.26 bits per heavy atom. The molecule has 3 aromatic rings. The zero-order valence-electron chi connectivity index (χ0n) is 20.2. The van der Waals surface area contributed by atoms with Gasteiger partial charge in [0.1, 0.15) is 17.0 Å². The van der Waals surface area contributed by atoms with Crippen LogP contribution >= 0.6 is 11.3 Å². The number of carbonyl (C=O) groups is 1. The Labute approximate surface area is 205 Å². The molecule has 2 aromatic heterocycles. The van der Waals surface area contributed by atoms with Crippen LogP contribution in [0.5, 0.6) is 0 Å². The molecule has 0 saturated heterocycles. The number of hydrogen-bond donors (Lipinski definition) is 1. The molecule has 1 atom stereocenters. The lowest BCUT2D eigenvalue weighted by atomic mass is 10.0. The molecule has 7 nitrogen and oxygen atoms in total.